The van der Waals surface area contributed by atoms with Gasteiger partial charge in [0.05, 0.1) is 11.4 Å². The third-order valence-corrected chi connectivity index (χ3v) is 5.31. The number of carbonyl (C=O) groups is 1. The Bertz CT molecular complexity index is 857. The summed E-state index contributed by atoms with van der Waals surface area (Å²) in [6.07, 6.45) is 3.72. The average Bonchev–Trinajstić information content (AvgIpc) is 2.77. The van der Waals surface area contributed by atoms with Gasteiger partial charge in [0, 0.05) is 12.2 Å². The quantitative estimate of drug-likeness (QED) is 0.771. The smallest absolute Gasteiger partial charge is 0.261 e. The Labute approximate surface area is 153 Å². The Kier molecular flexibility index (Phi) is 4.24. The van der Waals surface area contributed by atoms with Crippen molar-refractivity contribution in [2.45, 2.75) is 32.7 Å². The first-order valence-corrected chi connectivity index (χ1v) is 9.02. The normalized spacial score (nSPS) is 17.6. The number of fused-ring (bicyclic) bond motifs is 2. The number of anilines is 4. The molecule has 0 unspecified atom stereocenters. The molecule has 0 bridgehead atoms. The zero-order valence-corrected chi connectivity index (χ0v) is 15.4. The minimum Gasteiger partial charge on any atom is -0.351 e. The minimum atomic E-state index is -0.194. The van der Waals surface area contributed by atoms with Gasteiger partial charge in [0.2, 0.25) is 5.95 Å². The van der Waals surface area contributed by atoms with E-state index in [0.717, 1.165) is 48.4 Å². The molecule has 7 heteroatoms. The first-order chi connectivity index (χ1) is 12.5. The summed E-state index contributed by atoms with van der Waals surface area (Å²) in [5.41, 5.74) is 4.36. The van der Waals surface area contributed by atoms with Gasteiger partial charge in [0.15, 0.2) is 0 Å². The number of carbonyl (C=O) groups excluding carboxylic acids is 1. The third kappa shape index (κ3) is 3.10. The van der Waals surface area contributed by atoms with Crippen molar-refractivity contribution >= 4 is 29.0 Å². The van der Waals surface area contributed by atoms with Crippen molar-refractivity contribution < 1.29 is 4.79 Å². The molecule has 2 aliphatic heterocycles. The van der Waals surface area contributed by atoms with Crippen LogP contribution in [-0.2, 0) is 0 Å². The highest BCUT2D eigenvalue weighted by Crippen LogP contribution is 2.35. The van der Waals surface area contributed by atoms with Crippen LogP contribution >= 0.6 is 0 Å². The van der Waals surface area contributed by atoms with E-state index in [1.807, 2.05) is 19.1 Å². The molecule has 3 heterocycles. The molecule has 1 saturated heterocycles. The zero-order chi connectivity index (χ0) is 18.3. The molecule has 0 aliphatic carbocycles. The van der Waals surface area contributed by atoms with E-state index in [0.29, 0.717) is 23.4 Å². The van der Waals surface area contributed by atoms with E-state index < -0.39 is 0 Å². The number of rotatable bonds is 2. The lowest BCUT2D eigenvalue weighted by molar-refractivity contribution is 0.102. The largest absolute Gasteiger partial charge is 0.351 e. The number of nitrogens with one attached hydrogen (secondary N) is 3. The van der Waals surface area contributed by atoms with Gasteiger partial charge in [-0.1, -0.05) is 6.07 Å². The van der Waals surface area contributed by atoms with Gasteiger partial charge in [0.1, 0.15) is 11.4 Å². The fourth-order valence-corrected chi connectivity index (χ4v) is 3.44. The molecule has 3 N–H and O–H groups in total. The number of hydrogen-bond acceptors (Lipinski definition) is 6. The molecule has 0 spiro atoms. The number of aromatic nitrogens is 2. The Morgan fingerprint density at radius 1 is 1.19 bits per heavy atom. The molecule has 1 amide bonds. The average molecular weight is 352 g/mol. The second kappa shape index (κ2) is 6.57. The number of benzene rings is 1. The Balaban J connectivity index is 1.64. The number of piperidine rings is 1. The van der Waals surface area contributed by atoms with Gasteiger partial charge in [0.25, 0.3) is 5.91 Å². The molecule has 4 rings (SSSR count). The van der Waals surface area contributed by atoms with Crippen molar-refractivity contribution in [3.05, 3.63) is 35.0 Å². The first-order valence-electron chi connectivity index (χ1n) is 9.02. The summed E-state index contributed by atoms with van der Waals surface area (Å²) >= 11 is 0. The van der Waals surface area contributed by atoms with Crippen LogP contribution < -0.4 is 16.0 Å². The third-order valence-electron chi connectivity index (χ3n) is 5.31. The standard InChI is InChI=1S/C19H24N6O/c1-11-4-5-15-16(12(11)2)23-17-14(18(26)22-15)10-20-19(24-17)21-13-6-8-25(3)9-7-13/h4-5,10,13H,6-9H2,1-3H3,(H,22,26)(H2,20,21,23,24). The van der Waals surface area contributed by atoms with Crippen molar-refractivity contribution in [1.82, 2.24) is 14.9 Å². The Hall–Kier alpha value is -2.67. The van der Waals surface area contributed by atoms with Crippen LogP contribution in [0.5, 0.6) is 0 Å². The van der Waals surface area contributed by atoms with Crippen LogP contribution in [0.4, 0.5) is 23.1 Å². The summed E-state index contributed by atoms with van der Waals surface area (Å²) in [6.45, 7) is 6.22. The molecular weight excluding hydrogens is 328 g/mol. The summed E-state index contributed by atoms with van der Waals surface area (Å²) in [4.78, 5) is 23.8. The molecule has 2 aromatic rings. The highest BCUT2D eigenvalue weighted by molar-refractivity contribution is 6.11. The summed E-state index contributed by atoms with van der Waals surface area (Å²) in [6, 6.07) is 4.28. The summed E-state index contributed by atoms with van der Waals surface area (Å²) in [5.74, 6) is 0.910. The number of aryl methyl sites for hydroxylation is 1. The van der Waals surface area contributed by atoms with Crippen LogP contribution in [0.1, 0.15) is 34.3 Å². The van der Waals surface area contributed by atoms with Crippen LogP contribution in [-0.4, -0.2) is 47.0 Å². The number of nitrogens with zero attached hydrogens (tertiary/aromatic N) is 3. The zero-order valence-electron chi connectivity index (χ0n) is 15.4. The van der Waals surface area contributed by atoms with E-state index in [4.69, 9.17) is 0 Å². The van der Waals surface area contributed by atoms with Crippen LogP contribution in [0.3, 0.4) is 0 Å². The Morgan fingerprint density at radius 3 is 2.73 bits per heavy atom. The SMILES string of the molecule is Cc1ccc2c(c1C)Nc1nc(NC3CCN(C)CC3)ncc1C(=O)N2. The fourth-order valence-electron chi connectivity index (χ4n) is 3.44. The van der Waals surface area contributed by atoms with Gasteiger partial charge in [-0.3, -0.25) is 4.79 Å². The van der Waals surface area contributed by atoms with Gasteiger partial charge < -0.3 is 20.9 Å². The predicted octanol–water partition coefficient (Wildman–Crippen LogP) is 2.91. The van der Waals surface area contributed by atoms with E-state index in [1.54, 1.807) is 6.20 Å². The molecule has 2 aliphatic rings. The lowest BCUT2D eigenvalue weighted by atomic mass is 10.1. The lowest BCUT2D eigenvalue weighted by Crippen LogP contribution is -2.37. The van der Waals surface area contributed by atoms with Crippen molar-refractivity contribution in [1.29, 1.82) is 0 Å². The molecule has 0 atom stereocenters. The molecule has 1 aromatic carbocycles. The molecule has 7 nitrogen and oxygen atoms in total. The fraction of sp³-hybridized carbons (Fsp3) is 0.421. The molecule has 1 fully saturated rings. The monoisotopic (exact) mass is 352 g/mol. The topological polar surface area (TPSA) is 82.2 Å². The maximum Gasteiger partial charge on any atom is 0.261 e. The van der Waals surface area contributed by atoms with Crippen LogP contribution in [0.25, 0.3) is 0 Å². The maximum atomic E-state index is 12.5. The van der Waals surface area contributed by atoms with Gasteiger partial charge >= 0.3 is 0 Å². The summed E-state index contributed by atoms with van der Waals surface area (Å²) in [7, 11) is 2.14. The number of likely N-dealkylation sites (tertiary alicyclic amines) is 1. The van der Waals surface area contributed by atoms with Crippen molar-refractivity contribution in [3.8, 4) is 0 Å². The van der Waals surface area contributed by atoms with Crippen molar-refractivity contribution in [2.24, 2.45) is 0 Å². The van der Waals surface area contributed by atoms with E-state index >= 15 is 0 Å². The number of hydrogen-bond donors (Lipinski definition) is 3. The predicted molar refractivity (Wildman–Crippen MR) is 103 cm³/mol. The van der Waals surface area contributed by atoms with Crippen LogP contribution in [0.15, 0.2) is 18.3 Å². The van der Waals surface area contributed by atoms with Gasteiger partial charge in [-0.15, -0.1) is 0 Å². The molecule has 26 heavy (non-hydrogen) atoms. The van der Waals surface area contributed by atoms with Crippen LogP contribution in [0, 0.1) is 13.8 Å². The van der Waals surface area contributed by atoms with E-state index in [-0.39, 0.29) is 5.91 Å². The minimum absolute atomic E-state index is 0.194. The second-order valence-electron chi connectivity index (χ2n) is 7.19. The maximum absolute atomic E-state index is 12.5. The Morgan fingerprint density at radius 2 is 1.96 bits per heavy atom. The van der Waals surface area contributed by atoms with E-state index in [9.17, 15) is 4.79 Å². The summed E-state index contributed by atoms with van der Waals surface area (Å²) < 4.78 is 0. The van der Waals surface area contributed by atoms with Gasteiger partial charge in [-0.05, 0) is 64.0 Å². The molecular formula is C19H24N6O. The number of amides is 1. The van der Waals surface area contributed by atoms with Crippen molar-refractivity contribution in [3.63, 3.8) is 0 Å². The van der Waals surface area contributed by atoms with Gasteiger partial charge in [-0.2, -0.15) is 4.98 Å². The molecule has 0 radical (unpaired) electrons. The van der Waals surface area contributed by atoms with E-state index in [2.05, 4.69) is 44.8 Å². The second-order valence-corrected chi connectivity index (χ2v) is 7.19. The highest BCUT2D eigenvalue weighted by atomic mass is 16.1. The summed E-state index contributed by atoms with van der Waals surface area (Å²) in [5, 5.41) is 9.71. The van der Waals surface area contributed by atoms with Crippen LogP contribution in [0.2, 0.25) is 0 Å². The van der Waals surface area contributed by atoms with E-state index in [1.165, 1.54) is 0 Å². The molecule has 136 valence electrons. The highest BCUT2D eigenvalue weighted by Gasteiger charge is 2.24. The van der Waals surface area contributed by atoms with Gasteiger partial charge in [-0.25, -0.2) is 4.98 Å². The van der Waals surface area contributed by atoms with Crippen molar-refractivity contribution in [2.75, 3.05) is 36.1 Å². The molecule has 1 aromatic heterocycles. The lowest BCUT2D eigenvalue weighted by Gasteiger charge is -2.29. The first kappa shape index (κ1) is 16.8. The molecule has 0 saturated carbocycles.